The van der Waals surface area contributed by atoms with E-state index in [-0.39, 0.29) is 17.6 Å². The summed E-state index contributed by atoms with van der Waals surface area (Å²) in [6, 6.07) is 13.4. The first-order valence-electron chi connectivity index (χ1n) is 8.77. The highest BCUT2D eigenvalue weighted by Crippen LogP contribution is 2.25. The van der Waals surface area contributed by atoms with Gasteiger partial charge in [-0.15, -0.1) is 0 Å². The van der Waals surface area contributed by atoms with E-state index in [4.69, 9.17) is 9.88 Å². The van der Waals surface area contributed by atoms with Crippen molar-refractivity contribution in [3.05, 3.63) is 77.6 Å². The zero-order valence-electron chi connectivity index (χ0n) is 14.9. The SMILES string of the molecule is NS(=O)(=O)Cc1ccc(OCC(c2ccc(F)cc2)N2CC=CCC2)cc1. The van der Waals surface area contributed by atoms with Crippen LogP contribution in [0.2, 0.25) is 0 Å². The molecule has 1 heterocycles. The Bertz CT molecular complexity index is 880. The van der Waals surface area contributed by atoms with Gasteiger partial charge in [-0.3, -0.25) is 4.90 Å². The van der Waals surface area contributed by atoms with E-state index in [1.807, 2.05) is 0 Å². The van der Waals surface area contributed by atoms with Crippen molar-refractivity contribution in [3.8, 4) is 5.75 Å². The van der Waals surface area contributed by atoms with Crippen molar-refractivity contribution in [1.29, 1.82) is 0 Å². The number of nitrogens with two attached hydrogens (primary N) is 1. The Balaban J connectivity index is 1.70. The van der Waals surface area contributed by atoms with Gasteiger partial charge in [0.25, 0.3) is 0 Å². The van der Waals surface area contributed by atoms with Crippen molar-refractivity contribution >= 4 is 10.0 Å². The van der Waals surface area contributed by atoms with Crippen molar-refractivity contribution in [2.75, 3.05) is 19.7 Å². The fourth-order valence-corrected chi connectivity index (χ4v) is 3.79. The molecule has 0 aromatic heterocycles. The fourth-order valence-electron chi connectivity index (χ4n) is 3.13. The number of sulfonamides is 1. The first-order chi connectivity index (χ1) is 12.9. The lowest BCUT2D eigenvalue weighted by Crippen LogP contribution is -2.35. The molecule has 0 fully saturated rings. The van der Waals surface area contributed by atoms with Gasteiger partial charge in [-0.2, -0.15) is 0 Å². The predicted octanol–water partition coefficient (Wildman–Crippen LogP) is 3.00. The number of halogens is 1. The lowest BCUT2D eigenvalue weighted by Gasteiger charge is -2.32. The van der Waals surface area contributed by atoms with Gasteiger partial charge in [-0.1, -0.05) is 36.4 Å². The van der Waals surface area contributed by atoms with E-state index in [1.54, 1.807) is 36.4 Å². The summed E-state index contributed by atoms with van der Waals surface area (Å²) in [5, 5.41) is 5.06. The highest BCUT2D eigenvalue weighted by Gasteiger charge is 2.21. The fraction of sp³-hybridized carbons (Fsp3) is 0.300. The highest BCUT2D eigenvalue weighted by molar-refractivity contribution is 7.88. The standard InChI is InChI=1S/C20H23FN2O3S/c21-18-8-6-17(7-9-18)20(23-12-2-1-3-13-23)14-26-19-10-4-16(5-11-19)15-27(22,24)25/h1-2,4-11,20H,3,12-15H2,(H2,22,24,25). The van der Waals surface area contributed by atoms with Gasteiger partial charge in [0.15, 0.2) is 0 Å². The second kappa shape index (κ2) is 8.65. The summed E-state index contributed by atoms with van der Waals surface area (Å²) in [4.78, 5) is 2.29. The summed E-state index contributed by atoms with van der Waals surface area (Å²) >= 11 is 0. The molecule has 2 N–H and O–H groups in total. The largest absolute Gasteiger partial charge is 0.492 e. The van der Waals surface area contributed by atoms with Gasteiger partial charge >= 0.3 is 0 Å². The Labute approximate surface area is 159 Å². The lowest BCUT2D eigenvalue weighted by molar-refractivity contribution is 0.145. The van der Waals surface area contributed by atoms with Crippen LogP contribution in [0, 0.1) is 5.82 Å². The van der Waals surface area contributed by atoms with Crippen LogP contribution in [-0.4, -0.2) is 33.0 Å². The van der Waals surface area contributed by atoms with E-state index in [1.165, 1.54) is 12.1 Å². The number of rotatable bonds is 7. The molecule has 0 bridgehead atoms. The maximum absolute atomic E-state index is 13.3. The number of primary sulfonamides is 1. The quantitative estimate of drug-likeness (QED) is 0.738. The number of hydrogen-bond acceptors (Lipinski definition) is 4. The van der Waals surface area contributed by atoms with Crippen LogP contribution in [0.3, 0.4) is 0 Å². The van der Waals surface area contributed by atoms with Crippen LogP contribution in [0.15, 0.2) is 60.7 Å². The molecule has 3 rings (SSSR count). The Kier molecular flexibility index (Phi) is 6.26. The normalized spacial score (nSPS) is 16.2. The van der Waals surface area contributed by atoms with E-state index in [2.05, 4.69) is 17.1 Å². The molecule has 1 unspecified atom stereocenters. The molecule has 0 amide bonds. The lowest BCUT2D eigenvalue weighted by atomic mass is 10.0. The monoisotopic (exact) mass is 390 g/mol. The zero-order valence-corrected chi connectivity index (χ0v) is 15.7. The van der Waals surface area contributed by atoms with Crippen molar-refractivity contribution in [1.82, 2.24) is 4.90 Å². The van der Waals surface area contributed by atoms with Crippen LogP contribution < -0.4 is 9.88 Å². The molecule has 7 heteroatoms. The summed E-state index contributed by atoms with van der Waals surface area (Å²) in [5.74, 6) is 0.182. The van der Waals surface area contributed by atoms with E-state index in [9.17, 15) is 12.8 Å². The topological polar surface area (TPSA) is 72.6 Å². The number of ether oxygens (including phenoxy) is 1. The van der Waals surface area contributed by atoms with Gasteiger partial charge in [0, 0.05) is 13.1 Å². The van der Waals surface area contributed by atoms with Crippen molar-refractivity contribution in [2.45, 2.75) is 18.2 Å². The summed E-state index contributed by atoms with van der Waals surface area (Å²) in [7, 11) is -3.55. The summed E-state index contributed by atoms with van der Waals surface area (Å²) in [5.41, 5.74) is 1.61. The molecule has 0 aliphatic carbocycles. The van der Waals surface area contributed by atoms with Crippen molar-refractivity contribution < 1.29 is 17.5 Å². The summed E-state index contributed by atoms with van der Waals surface area (Å²) < 4.78 is 41.6. The Hall–Kier alpha value is -2.22. The minimum Gasteiger partial charge on any atom is -0.492 e. The van der Waals surface area contributed by atoms with Gasteiger partial charge < -0.3 is 4.74 Å². The second-order valence-electron chi connectivity index (χ2n) is 6.58. The van der Waals surface area contributed by atoms with E-state index < -0.39 is 10.0 Å². The molecule has 2 aromatic rings. The summed E-state index contributed by atoms with van der Waals surface area (Å²) in [6.07, 6.45) is 5.26. The number of benzene rings is 2. The highest BCUT2D eigenvalue weighted by atomic mass is 32.2. The third-order valence-electron chi connectivity index (χ3n) is 4.48. The Morgan fingerprint density at radius 2 is 1.78 bits per heavy atom. The summed E-state index contributed by atoms with van der Waals surface area (Å²) in [6.45, 7) is 2.14. The zero-order chi connectivity index (χ0) is 19.3. The maximum Gasteiger partial charge on any atom is 0.213 e. The third kappa shape index (κ3) is 5.89. The van der Waals surface area contributed by atoms with Gasteiger partial charge in [0.05, 0.1) is 11.8 Å². The van der Waals surface area contributed by atoms with Crippen LogP contribution in [0.25, 0.3) is 0 Å². The van der Waals surface area contributed by atoms with Crippen LogP contribution in [0.4, 0.5) is 4.39 Å². The smallest absolute Gasteiger partial charge is 0.213 e. The van der Waals surface area contributed by atoms with Gasteiger partial charge in [0.2, 0.25) is 10.0 Å². The van der Waals surface area contributed by atoms with Gasteiger partial charge in [0.1, 0.15) is 18.2 Å². The van der Waals surface area contributed by atoms with E-state index >= 15 is 0 Å². The molecule has 1 aliphatic rings. The number of hydrogen-bond donors (Lipinski definition) is 1. The van der Waals surface area contributed by atoms with Crippen LogP contribution in [0.1, 0.15) is 23.6 Å². The van der Waals surface area contributed by atoms with Gasteiger partial charge in [-0.05, 0) is 41.8 Å². The molecule has 144 valence electrons. The van der Waals surface area contributed by atoms with Gasteiger partial charge in [-0.25, -0.2) is 17.9 Å². The first kappa shape index (κ1) is 19.5. The van der Waals surface area contributed by atoms with E-state index in [0.717, 1.165) is 25.1 Å². The molecule has 0 saturated heterocycles. The van der Waals surface area contributed by atoms with Crippen LogP contribution in [0.5, 0.6) is 5.75 Å². The minimum absolute atomic E-state index is 0.000328. The van der Waals surface area contributed by atoms with E-state index in [0.29, 0.717) is 17.9 Å². The van der Waals surface area contributed by atoms with Crippen LogP contribution >= 0.6 is 0 Å². The number of nitrogens with zero attached hydrogens (tertiary/aromatic N) is 1. The van der Waals surface area contributed by atoms with Crippen molar-refractivity contribution in [2.24, 2.45) is 5.14 Å². The average molecular weight is 390 g/mol. The average Bonchev–Trinajstić information content (AvgIpc) is 2.64. The molecule has 1 aliphatic heterocycles. The third-order valence-corrected chi connectivity index (χ3v) is 5.22. The van der Waals surface area contributed by atoms with Crippen molar-refractivity contribution in [3.63, 3.8) is 0 Å². The molecule has 0 saturated carbocycles. The molecule has 5 nitrogen and oxygen atoms in total. The molecule has 1 atom stereocenters. The molecule has 0 spiro atoms. The molecule has 0 radical (unpaired) electrons. The minimum atomic E-state index is -3.55. The Morgan fingerprint density at radius 3 is 2.37 bits per heavy atom. The predicted molar refractivity (Wildman–Crippen MR) is 103 cm³/mol. The molecule has 27 heavy (non-hydrogen) atoms. The molecular formula is C20H23FN2O3S. The maximum atomic E-state index is 13.3. The molecular weight excluding hydrogens is 367 g/mol. The van der Waals surface area contributed by atoms with Crippen LogP contribution in [-0.2, 0) is 15.8 Å². The molecule has 2 aromatic carbocycles. The Morgan fingerprint density at radius 1 is 1.07 bits per heavy atom. The second-order valence-corrected chi connectivity index (χ2v) is 8.20. The first-order valence-corrected chi connectivity index (χ1v) is 10.5.